The first-order chi connectivity index (χ1) is 8.19. The molecule has 1 aliphatic rings. The zero-order valence-corrected chi connectivity index (χ0v) is 12.4. The van der Waals surface area contributed by atoms with Gasteiger partial charge in [-0.3, -0.25) is 0 Å². The molecule has 0 aromatic heterocycles. The predicted molar refractivity (Wildman–Crippen MR) is 76.4 cm³/mol. The Balaban J connectivity index is 1.94. The summed E-state index contributed by atoms with van der Waals surface area (Å²) in [7, 11) is 0. The van der Waals surface area contributed by atoms with Gasteiger partial charge in [0.1, 0.15) is 0 Å². The van der Waals surface area contributed by atoms with Crippen molar-refractivity contribution >= 4 is 27.7 Å². The molecule has 1 aromatic rings. The Morgan fingerprint density at radius 3 is 2.88 bits per heavy atom. The van der Waals surface area contributed by atoms with Crippen molar-refractivity contribution in [3.05, 3.63) is 28.2 Å². The van der Waals surface area contributed by atoms with Gasteiger partial charge in [0.15, 0.2) is 0 Å². The van der Waals surface area contributed by atoms with Crippen molar-refractivity contribution in [1.82, 2.24) is 5.32 Å². The Morgan fingerprint density at radius 1 is 1.53 bits per heavy atom. The van der Waals surface area contributed by atoms with Gasteiger partial charge in [0.2, 0.25) is 0 Å². The summed E-state index contributed by atoms with van der Waals surface area (Å²) >= 11 is 5.32. The van der Waals surface area contributed by atoms with Crippen LogP contribution in [0, 0.1) is 0 Å². The standard InChI is InChI=1S/C13H18BrNOS/c1-9(8-16)17-12-5-2-10(13(14)6-12)7-15-11-3-4-11/h2,5-6,9,11,15-16H,3-4,7-8H2,1H3. The summed E-state index contributed by atoms with van der Waals surface area (Å²) in [4.78, 5) is 1.20. The van der Waals surface area contributed by atoms with E-state index in [2.05, 4.69) is 39.4 Å². The topological polar surface area (TPSA) is 32.3 Å². The summed E-state index contributed by atoms with van der Waals surface area (Å²) in [6.45, 7) is 3.18. The SMILES string of the molecule is CC(CO)Sc1ccc(CNC2CC2)c(Br)c1. The Kier molecular flexibility index (Phi) is 4.91. The van der Waals surface area contributed by atoms with E-state index in [0.29, 0.717) is 0 Å². The molecular weight excluding hydrogens is 298 g/mol. The van der Waals surface area contributed by atoms with Crippen LogP contribution in [0.15, 0.2) is 27.6 Å². The van der Waals surface area contributed by atoms with E-state index < -0.39 is 0 Å². The van der Waals surface area contributed by atoms with E-state index in [1.54, 1.807) is 11.8 Å². The fraction of sp³-hybridized carbons (Fsp3) is 0.538. The molecule has 0 radical (unpaired) electrons. The third-order valence-corrected chi connectivity index (χ3v) is 4.59. The monoisotopic (exact) mass is 315 g/mol. The summed E-state index contributed by atoms with van der Waals surface area (Å²) in [5.74, 6) is 0. The molecule has 1 atom stereocenters. The largest absolute Gasteiger partial charge is 0.395 e. The summed E-state index contributed by atoms with van der Waals surface area (Å²) < 4.78 is 1.15. The summed E-state index contributed by atoms with van der Waals surface area (Å²) in [6, 6.07) is 7.17. The maximum absolute atomic E-state index is 9.03. The average molecular weight is 316 g/mol. The van der Waals surface area contributed by atoms with Crippen LogP contribution in [0.3, 0.4) is 0 Å². The first-order valence-corrected chi connectivity index (χ1v) is 7.65. The van der Waals surface area contributed by atoms with Crippen molar-refractivity contribution in [3.63, 3.8) is 0 Å². The molecule has 0 aliphatic heterocycles. The van der Waals surface area contributed by atoms with Crippen LogP contribution in [-0.2, 0) is 6.54 Å². The molecule has 1 fully saturated rings. The highest BCUT2D eigenvalue weighted by Gasteiger charge is 2.20. The van der Waals surface area contributed by atoms with Crippen LogP contribution in [0.25, 0.3) is 0 Å². The number of benzene rings is 1. The van der Waals surface area contributed by atoms with Gasteiger partial charge in [0.25, 0.3) is 0 Å². The molecule has 1 aliphatic carbocycles. The van der Waals surface area contributed by atoms with Crippen LogP contribution in [0.5, 0.6) is 0 Å². The summed E-state index contributed by atoms with van der Waals surface area (Å²) in [6.07, 6.45) is 2.64. The van der Waals surface area contributed by atoms with Gasteiger partial charge < -0.3 is 10.4 Å². The maximum Gasteiger partial charge on any atom is 0.0550 e. The van der Waals surface area contributed by atoms with Gasteiger partial charge in [-0.1, -0.05) is 28.9 Å². The molecule has 1 saturated carbocycles. The minimum atomic E-state index is 0.216. The molecule has 0 amide bonds. The molecule has 1 unspecified atom stereocenters. The lowest BCUT2D eigenvalue weighted by Gasteiger charge is -2.10. The highest BCUT2D eigenvalue weighted by Crippen LogP contribution is 2.28. The van der Waals surface area contributed by atoms with E-state index in [-0.39, 0.29) is 11.9 Å². The van der Waals surface area contributed by atoms with Gasteiger partial charge in [0, 0.05) is 27.2 Å². The smallest absolute Gasteiger partial charge is 0.0550 e. The second-order valence-electron chi connectivity index (χ2n) is 4.52. The third kappa shape index (κ3) is 4.28. The molecule has 2 nitrogen and oxygen atoms in total. The lowest BCUT2D eigenvalue weighted by atomic mass is 10.2. The van der Waals surface area contributed by atoms with Crippen LogP contribution < -0.4 is 5.32 Å². The van der Waals surface area contributed by atoms with Crippen molar-refractivity contribution in [3.8, 4) is 0 Å². The van der Waals surface area contributed by atoms with Gasteiger partial charge in [-0.2, -0.15) is 0 Å². The predicted octanol–water partition coefficient (Wildman–Crippen LogP) is 3.17. The molecule has 0 saturated heterocycles. The molecule has 0 bridgehead atoms. The van der Waals surface area contributed by atoms with Gasteiger partial charge in [0.05, 0.1) is 6.61 Å². The molecule has 2 rings (SSSR count). The Bertz CT molecular complexity index is 382. The Labute approximate surface area is 115 Å². The number of rotatable bonds is 6. The lowest BCUT2D eigenvalue weighted by Crippen LogP contribution is -2.15. The highest BCUT2D eigenvalue weighted by atomic mass is 79.9. The van der Waals surface area contributed by atoms with Gasteiger partial charge >= 0.3 is 0 Å². The van der Waals surface area contributed by atoms with E-state index >= 15 is 0 Å². The molecule has 17 heavy (non-hydrogen) atoms. The minimum absolute atomic E-state index is 0.216. The van der Waals surface area contributed by atoms with E-state index in [4.69, 9.17) is 5.11 Å². The number of nitrogens with one attached hydrogen (secondary N) is 1. The fourth-order valence-corrected chi connectivity index (χ4v) is 3.10. The summed E-state index contributed by atoms with van der Waals surface area (Å²) in [5.41, 5.74) is 1.30. The quantitative estimate of drug-likeness (QED) is 0.791. The molecule has 4 heteroatoms. The highest BCUT2D eigenvalue weighted by molar-refractivity contribution is 9.10. The molecule has 0 heterocycles. The van der Waals surface area contributed by atoms with Gasteiger partial charge in [-0.15, -0.1) is 11.8 Å². The van der Waals surface area contributed by atoms with E-state index in [1.807, 2.05) is 6.92 Å². The first-order valence-electron chi connectivity index (χ1n) is 5.98. The molecule has 1 aromatic carbocycles. The van der Waals surface area contributed by atoms with Crippen LogP contribution in [0.1, 0.15) is 25.3 Å². The minimum Gasteiger partial charge on any atom is -0.395 e. The van der Waals surface area contributed by atoms with Crippen LogP contribution >= 0.6 is 27.7 Å². The number of hydrogen-bond donors (Lipinski definition) is 2. The normalized spacial score (nSPS) is 17.1. The van der Waals surface area contributed by atoms with Crippen LogP contribution in [0.2, 0.25) is 0 Å². The Morgan fingerprint density at radius 2 is 2.29 bits per heavy atom. The van der Waals surface area contributed by atoms with Crippen molar-refractivity contribution in [1.29, 1.82) is 0 Å². The van der Waals surface area contributed by atoms with Crippen LogP contribution in [-0.4, -0.2) is 23.0 Å². The van der Waals surface area contributed by atoms with Crippen LogP contribution in [0.4, 0.5) is 0 Å². The second-order valence-corrected chi connectivity index (χ2v) is 6.89. The van der Waals surface area contributed by atoms with E-state index in [1.165, 1.54) is 23.3 Å². The lowest BCUT2D eigenvalue weighted by molar-refractivity contribution is 0.300. The van der Waals surface area contributed by atoms with Crippen molar-refractivity contribution in [2.45, 2.75) is 42.5 Å². The number of aliphatic hydroxyl groups excluding tert-OH is 1. The summed E-state index contributed by atoms with van der Waals surface area (Å²) in [5, 5.41) is 12.8. The number of hydrogen-bond acceptors (Lipinski definition) is 3. The van der Waals surface area contributed by atoms with E-state index in [9.17, 15) is 0 Å². The number of aliphatic hydroxyl groups is 1. The Hall–Kier alpha value is -0.0300. The third-order valence-electron chi connectivity index (χ3n) is 2.78. The van der Waals surface area contributed by atoms with Crippen molar-refractivity contribution < 1.29 is 5.11 Å². The average Bonchev–Trinajstić information content (AvgIpc) is 3.12. The molecular formula is C13H18BrNOS. The van der Waals surface area contributed by atoms with E-state index in [0.717, 1.165) is 17.1 Å². The zero-order chi connectivity index (χ0) is 12.3. The molecule has 94 valence electrons. The second kappa shape index (κ2) is 6.23. The first kappa shape index (κ1) is 13.4. The fourth-order valence-electron chi connectivity index (χ4n) is 1.56. The molecule has 2 N–H and O–H groups in total. The molecule has 0 spiro atoms. The maximum atomic E-state index is 9.03. The van der Waals surface area contributed by atoms with Gasteiger partial charge in [-0.05, 0) is 30.5 Å². The van der Waals surface area contributed by atoms with Gasteiger partial charge in [-0.25, -0.2) is 0 Å². The van der Waals surface area contributed by atoms with Crippen molar-refractivity contribution in [2.24, 2.45) is 0 Å². The van der Waals surface area contributed by atoms with Crippen molar-refractivity contribution in [2.75, 3.05) is 6.61 Å². The number of thioether (sulfide) groups is 1. The number of halogens is 1. The zero-order valence-electron chi connectivity index (χ0n) is 9.95.